The van der Waals surface area contributed by atoms with Crippen molar-refractivity contribution < 1.29 is 19.1 Å². The van der Waals surface area contributed by atoms with Gasteiger partial charge in [-0.1, -0.05) is 22.0 Å². The Morgan fingerprint density at radius 1 is 1.07 bits per heavy atom. The molecule has 6 nitrogen and oxygen atoms in total. The minimum Gasteiger partial charge on any atom is -0.454 e. The van der Waals surface area contributed by atoms with Crippen molar-refractivity contribution in [1.82, 2.24) is 9.80 Å². The van der Waals surface area contributed by atoms with E-state index >= 15 is 0 Å². The third-order valence-electron chi connectivity index (χ3n) is 5.46. The van der Waals surface area contributed by atoms with Crippen LogP contribution in [0, 0.1) is 5.92 Å². The van der Waals surface area contributed by atoms with Crippen LogP contribution in [0.5, 0.6) is 11.5 Å². The van der Waals surface area contributed by atoms with Crippen molar-refractivity contribution in [2.24, 2.45) is 5.92 Å². The highest BCUT2D eigenvalue weighted by atomic mass is 79.9. The molecule has 152 valence electrons. The van der Waals surface area contributed by atoms with Crippen LogP contribution in [0.15, 0.2) is 46.9 Å². The molecule has 7 heteroatoms. The maximum atomic E-state index is 12.9. The topological polar surface area (TPSA) is 59.1 Å². The molecule has 0 atom stereocenters. The molecule has 0 radical (unpaired) electrons. The first-order chi connectivity index (χ1) is 14.0. The summed E-state index contributed by atoms with van der Waals surface area (Å²) in [5.74, 6) is 1.56. The number of likely N-dealkylation sites (tertiary alicyclic amines) is 1. The van der Waals surface area contributed by atoms with Crippen molar-refractivity contribution in [3.63, 3.8) is 0 Å². The number of nitrogens with zero attached hydrogens (tertiary/aromatic N) is 2. The maximum Gasteiger partial charge on any atom is 0.253 e. The van der Waals surface area contributed by atoms with E-state index < -0.39 is 0 Å². The monoisotopic (exact) mass is 458 g/mol. The first-order valence-electron chi connectivity index (χ1n) is 9.69. The lowest BCUT2D eigenvalue weighted by molar-refractivity contribution is -0.136. The normalized spacial score (nSPS) is 16.0. The molecule has 2 aliphatic heterocycles. The van der Waals surface area contributed by atoms with Crippen molar-refractivity contribution in [2.75, 3.05) is 26.9 Å². The van der Waals surface area contributed by atoms with Crippen LogP contribution in [0.1, 0.15) is 28.8 Å². The molecule has 29 heavy (non-hydrogen) atoms. The Bertz CT molecular complexity index is 908. The molecular formula is C22H23BrN2O4. The van der Waals surface area contributed by atoms with Crippen LogP contribution in [0.2, 0.25) is 0 Å². The Morgan fingerprint density at radius 3 is 2.48 bits per heavy atom. The molecule has 0 saturated carbocycles. The molecule has 0 aliphatic carbocycles. The van der Waals surface area contributed by atoms with Gasteiger partial charge < -0.3 is 19.3 Å². The summed E-state index contributed by atoms with van der Waals surface area (Å²) in [6.45, 7) is 1.96. The summed E-state index contributed by atoms with van der Waals surface area (Å²) in [6, 6.07) is 13.1. The minimum atomic E-state index is -0.0528. The summed E-state index contributed by atoms with van der Waals surface area (Å²) in [5, 5.41) is 0. The number of hydrogen-bond acceptors (Lipinski definition) is 4. The van der Waals surface area contributed by atoms with Gasteiger partial charge in [0, 0.05) is 42.6 Å². The highest BCUT2D eigenvalue weighted by Crippen LogP contribution is 2.33. The number of benzene rings is 2. The number of carbonyl (C=O) groups excluding carboxylic acids is 2. The van der Waals surface area contributed by atoms with E-state index in [9.17, 15) is 9.59 Å². The zero-order valence-electron chi connectivity index (χ0n) is 16.3. The second-order valence-corrected chi connectivity index (χ2v) is 8.37. The summed E-state index contributed by atoms with van der Waals surface area (Å²) in [6.07, 6.45) is 1.37. The summed E-state index contributed by atoms with van der Waals surface area (Å²) in [5.41, 5.74) is 1.69. The molecule has 1 fully saturated rings. The van der Waals surface area contributed by atoms with Crippen molar-refractivity contribution in [3.05, 3.63) is 58.1 Å². The molecular weight excluding hydrogens is 436 g/mol. The van der Waals surface area contributed by atoms with Gasteiger partial charge in [-0.25, -0.2) is 0 Å². The first kappa shape index (κ1) is 19.8. The molecule has 2 aromatic carbocycles. The number of halogens is 1. The van der Waals surface area contributed by atoms with Gasteiger partial charge in [-0.05, 0) is 54.8 Å². The Balaban J connectivity index is 1.31. The van der Waals surface area contributed by atoms with Crippen molar-refractivity contribution >= 4 is 27.7 Å². The number of hydrogen-bond donors (Lipinski definition) is 0. The smallest absolute Gasteiger partial charge is 0.253 e. The fourth-order valence-corrected chi connectivity index (χ4v) is 4.07. The zero-order valence-corrected chi connectivity index (χ0v) is 17.9. The highest BCUT2D eigenvalue weighted by molar-refractivity contribution is 9.10. The van der Waals surface area contributed by atoms with Crippen molar-refractivity contribution in [2.45, 2.75) is 19.4 Å². The van der Waals surface area contributed by atoms with Gasteiger partial charge in [-0.2, -0.15) is 0 Å². The predicted molar refractivity (Wildman–Crippen MR) is 112 cm³/mol. The fourth-order valence-electron chi connectivity index (χ4n) is 3.81. The fraction of sp³-hybridized carbons (Fsp3) is 0.364. The summed E-state index contributed by atoms with van der Waals surface area (Å²) < 4.78 is 11.7. The molecule has 0 spiro atoms. The third-order valence-corrected chi connectivity index (χ3v) is 5.98. The van der Waals surface area contributed by atoms with Crippen LogP contribution in [-0.4, -0.2) is 48.5 Å². The lowest BCUT2D eigenvalue weighted by atomic mass is 9.94. The summed E-state index contributed by atoms with van der Waals surface area (Å²) >= 11 is 3.39. The number of fused-ring (bicyclic) bond motifs is 1. The molecule has 2 aromatic rings. The molecule has 2 heterocycles. The summed E-state index contributed by atoms with van der Waals surface area (Å²) in [7, 11) is 1.83. The van der Waals surface area contributed by atoms with E-state index in [1.807, 2.05) is 54.4 Å². The standard InChI is InChI=1S/C22H23BrN2O4/c1-24(13-15-2-7-19-20(12-15)29-14-28-19)21(26)17-8-10-25(11-9-17)22(27)16-3-5-18(23)6-4-16/h2-7,12,17H,8-11,13-14H2,1H3. The van der Waals surface area contributed by atoms with Crippen LogP contribution in [0.3, 0.4) is 0 Å². The van der Waals surface area contributed by atoms with E-state index in [1.54, 1.807) is 4.90 Å². The van der Waals surface area contributed by atoms with Gasteiger partial charge in [0.1, 0.15) is 0 Å². The van der Waals surface area contributed by atoms with E-state index in [0.717, 1.165) is 21.5 Å². The van der Waals surface area contributed by atoms with E-state index in [1.165, 1.54) is 0 Å². The van der Waals surface area contributed by atoms with Gasteiger partial charge in [-0.15, -0.1) is 0 Å². The van der Waals surface area contributed by atoms with Crippen LogP contribution in [0.25, 0.3) is 0 Å². The van der Waals surface area contributed by atoms with Crippen molar-refractivity contribution in [1.29, 1.82) is 0 Å². The van der Waals surface area contributed by atoms with Crippen molar-refractivity contribution in [3.8, 4) is 11.5 Å². The Morgan fingerprint density at radius 2 is 1.76 bits per heavy atom. The van der Waals surface area contributed by atoms with E-state index in [4.69, 9.17) is 9.47 Å². The molecule has 2 aliphatic rings. The van der Waals surface area contributed by atoms with Gasteiger partial charge in [0.25, 0.3) is 5.91 Å². The van der Waals surface area contributed by atoms with E-state index in [0.29, 0.717) is 38.0 Å². The quantitative estimate of drug-likeness (QED) is 0.700. The number of rotatable bonds is 4. The van der Waals surface area contributed by atoms with Crippen LogP contribution < -0.4 is 9.47 Å². The molecule has 0 N–H and O–H groups in total. The SMILES string of the molecule is CN(Cc1ccc2c(c1)OCO2)C(=O)C1CCN(C(=O)c2ccc(Br)cc2)CC1. The predicted octanol–water partition coefficient (Wildman–Crippen LogP) is 3.69. The number of carbonyl (C=O) groups is 2. The largest absolute Gasteiger partial charge is 0.454 e. The minimum absolute atomic E-state index is 0.0251. The van der Waals surface area contributed by atoms with Crippen LogP contribution >= 0.6 is 15.9 Å². The average Bonchev–Trinajstić information content (AvgIpc) is 3.21. The van der Waals surface area contributed by atoms with Gasteiger partial charge in [0.2, 0.25) is 12.7 Å². The highest BCUT2D eigenvalue weighted by Gasteiger charge is 2.29. The molecule has 4 rings (SSSR count). The molecule has 2 amide bonds. The van der Waals surface area contributed by atoms with E-state index in [2.05, 4.69) is 15.9 Å². The number of piperidine rings is 1. The van der Waals surface area contributed by atoms with Crippen LogP contribution in [-0.2, 0) is 11.3 Å². The molecule has 0 unspecified atom stereocenters. The Hall–Kier alpha value is -2.54. The van der Waals surface area contributed by atoms with Gasteiger partial charge >= 0.3 is 0 Å². The first-order valence-corrected chi connectivity index (χ1v) is 10.5. The molecule has 1 saturated heterocycles. The third kappa shape index (κ3) is 4.40. The van der Waals surface area contributed by atoms with E-state index in [-0.39, 0.29) is 24.5 Å². The van der Waals surface area contributed by atoms with Gasteiger partial charge in [0.15, 0.2) is 11.5 Å². The molecule has 0 bridgehead atoms. The number of ether oxygens (including phenoxy) is 2. The Kier molecular flexibility index (Phi) is 5.76. The van der Waals surface area contributed by atoms with Crippen LogP contribution in [0.4, 0.5) is 0 Å². The zero-order chi connectivity index (χ0) is 20.4. The maximum absolute atomic E-state index is 12.9. The molecule has 0 aromatic heterocycles. The van der Waals surface area contributed by atoms with Gasteiger partial charge in [0.05, 0.1) is 0 Å². The Labute approximate surface area is 178 Å². The second kappa shape index (κ2) is 8.45. The van der Waals surface area contributed by atoms with Gasteiger partial charge in [-0.3, -0.25) is 9.59 Å². The summed E-state index contributed by atoms with van der Waals surface area (Å²) in [4.78, 5) is 29.1. The lowest BCUT2D eigenvalue weighted by Crippen LogP contribution is -2.43. The number of amides is 2. The lowest BCUT2D eigenvalue weighted by Gasteiger charge is -2.33. The average molecular weight is 459 g/mol. The second-order valence-electron chi connectivity index (χ2n) is 7.46.